The van der Waals surface area contributed by atoms with E-state index in [-0.39, 0.29) is 24.8 Å². The molecule has 3 nitrogen and oxygen atoms in total. The van der Waals surface area contributed by atoms with Crippen LogP contribution in [0.3, 0.4) is 0 Å². The lowest BCUT2D eigenvalue weighted by molar-refractivity contribution is 0.326. The Morgan fingerprint density at radius 2 is 2.11 bits per heavy atom. The Labute approximate surface area is 123 Å². The fourth-order valence-corrected chi connectivity index (χ4v) is 3.19. The smallest absolute Gasteiger partial charge is 0.108 e. The highest BCUT2D eigenvalue weighted by atomic mass is 35.5. The highest BCUT2D eigenvalue weighted by Crippen LogP contribution is 2.23. The Hall–Kier alpha value is -0.390. The molecule has 18 heavy (non-hydrogen) atoms. The van der Waals surface area contributed by atoms with Crippen molar-refractivity contribution in [3.63, 3.8) is 0 Å². The number of halogens is 2. The maximum Gasteiger partial charge on any atom is 0.108 e. The Morgan fingerprint density at radius 1 is 1.33 bits per heavy atom. The summed E-state index contributed by atoms with van der Waals surface area (Å²) in [5.41, 5.74) is 7.01. The second-order valence-corrected chi connectivity index (χ2v) is 5.47. The molecule has 2 heterocycles. The van der Waals surface area contributed by atoms with E-state index in [9.17, 15) is 0 Å². The number of rotatable bonds is 2. The molecule has 1 aromatic heterocycles. The van der Waals surface area contributed by atoms with Crippen LogP contribution < -0.4 is 5.73 Å². The zero-order valence-electron chi connectivity index (χ0n) is 9.91. The van der Waals surface area contributed by atoms with Gasteiger partial charge in [0, 0.05) is 19.1 Å². The summed E-state index contributed by atoms with van der Waals surface area (Å²) in [6, 6.07) is 8.67. The molecule has 1 aliphatic heterocycles. The number of aromatic nitrogens is 1. The average molecular weight is 306 g/mol. The van der Waals surface area contributed by atoms with Crippen LogP contribution in [0.4, 0.5) is 0 Å². The van der Waals surface area contributed by atoms with E-state index in [0.29, 0.717) is 6.04 Å². The van der Waals surface area contributed by atoms with Crippen LogP contribution in [0.15, 0.2) is 24.3 Å². The van der Waals surface area contributed by atoms with Crippen molar-refractivity contribution in [2.24, 2.45) is 5.73 Å². The molecule has 1 aromatic carbocycles. The standard InChI is InChI=1S/C12H15N3S.2ClH/c13-9-5-6-15(7-9)8-12-14-10-3-1-2-4-11(10)16-12;;/h1-4,9H,5-8,13H2;2*1H/t9-;;/m0../s1. The van der Waals surface area contributed by atoms with E-state index < -0.39 is 0 Å². The molecule has 0 saturated carbocycles. The van der Waals surface area contributed by atoms with Gasteiger partial charge in [0.25, 0.3) is 0 Å². The molecule has 0 bridgehead atoms. The van der Waals surface area contributed by atoms with Gasteiger partial charge in [0.2, 0.25) is 0 Å². The van der Waals surface area contributed by atoms with Crippen LogP contribution in [0.1, 0.15) is 11.4 Å². The Balaban J connectivity index is 0.000000810. The van der Waals surface area contributed by atoms with Gasteiger partial charge in [0.1, 0.15) is 5.01 Å². The number of likely N-dealkylation sites (tertiary alicyclic amines) is 1. The number of nitrogens with two attached hydrogens (primary N) is 1. The maximum absolute atomic E-state index is 5.90. The minimum absolute atomic E-state index is 0. The zero-order chi connectivity index (χ0) is 11.0. The van der Waals surface area contributed by atoms with E-state index in [0.717, 1.165) is 31.6 Å². The summed E-state index contributed by atoms with van der Waals surface area (Å²) in [7, 11) is 0. The van der Waals surface area contributed by atoms with E-state index in [4.69, 9.17) is 5.73 Å². The van der Waals surface area contributed by atoms with Crippen molar-refractivity contribution >= 4 is 46.4 Å². The number of para-hydroxylation sites is 1. The molecule has 0 amide bonds. The Kier molecular flexibility index (Phi) is 5.82. The molecule has 6 heteroatoms. The average Bonchev–Trinajstić information content (AvgIpc) is 2.84. The number of fused-ring (bicyclic) bond motifs is 1. The largest absolute Gasteiger partial charge is 0.326 e. The van der Waals surface area contributed by atoms with Crippen LogP contribution >= 0.6 is 36.2 Å². The summed E-state index contributed by atoms with van der Waals surface area (Å²) in [5.74, 6) is 0. The number of hydrogen-bond acceptors (Lipinski definition) is 4. The van der Waals surface area contributed by atoms with Gasteiger partial charge in [-0.25, -0.2) is 4.98 Å². The first-order valence-electron chi connectivity index (χ1n) is 5.63. The van der Waals surface area contributed by atoms with Gasteiger partial charge in [-0.2, -0.15) is 0 Å². The van der Waals surface area contributed by atoms with Gasteiger partial charge in [-0.1, -0.05) is 12.1 Å². The minimum Gasteiger partial charge on any atom is -0.326 e. The van der Waals surface area contributed by atoms with Gasteiger partial charge < -0.3 is 5.73 Å². The van der Waals surface area contributed by atoms with Crippen molar-refractivity contribution < 1.29 is 0 Å². The van der Waals surface area contributed by atoms with Crippen molar-refractivity contribution in [2.75, 3.05) is 13.1 Å². The molecule has 0 aliphatic carbocycles. The van der Waals surface area contributed by atoms with Gasteiger partial charge >= 0.3 is 0 Å². The normalized spacial score (nSPS) is 19.5. The molecular formula is C12H17Cl2N3S. The lowest BCUT2D eigenvalue weighted by Gasteiger charge is -2.12. The van der Waals surface area contributed by atoms with Crippen LogP contribution in [0, 0.1) is 0 Å². The van der Waals surface area contributed by atoms with E-state index in [1.807, 2.05) is 6.07 Å². The summed E-state index contributed by atoms with van der Waals surface area (Å²) in [4.78, 5) is 7.03. The molecule has 100 valence electrons. The molecule has 3 rings (SSSR count). The van der Waals surface area contributed by atoms with Gasteiger partial charge in [-0.05, 0) is 18.6 Å². The van der Waals surface area contributed by atoms with E-state index in [2.05, 4.69) is 28.1 Å². The molecule has 0 spiro atoms. The van der Waals surface area contributed by atoms with Gasteiger partial charge in [-0.15, -0.1) is 36.2 Å². The first-order valence-corrected chi connectivity index (χ1v) is 6.45. The van der Waals surface area contributed by atoms with Crippen LogP contribution in [-0.4, -0.2) is 29.0 Å². The third-order valence-corrected chi connectivity index (χ3v) is 4.03. The fraction of sp³-hybridized carbons (Fsp3) is 0.417. The quantitative estimate of drug-likeness (QED) is 0.927. The topological polar surface area (TPSA) is 42.1 Å². The number of benzene rings is 1. The molecule has 1 aliphatic rings. The molecule has 0 unspecified atom stereocenters. The molecule has 1 atom stereocenters. The molecule has 1 fully saturated rings. The summed E-state index contributed by atoms with van der Waals surface area (Å²) < 4.78 is 1.28. The molecular weight excluding hydrogens is 289 g/mol. The maximum atomic E-state index is 5.90. The predicted octanol–water partition coefficient (Wildman–Crippen LogP) is 2.67. The zero-order valence-corrected chi connectivity index (χ0v) is 12.4. The van der Waals surface area contributed by atoms with Gasteiger partial charge in [0.15, 0.2) is 0 Å². The molecule has 1 saturated heterocycles. The van der Waals surface area contributed by atoms with E-state index >= 15 is 0 Å². The molecule has 2 aromatic rings. The minimum atomic E-state index is 0. The highest BCUT2D eigenvalue weighted by Gasteiger charge is 2.19. The van der Waals surface area contributed by atoms with Gasteiger partial charge in [-0.3, -0.25) is 4.90 Å². The van der Waals surface area contributed by atoms with E-state index in [1.165, 1.54) is 9.71 Å². The van der Waals surface area contributed by atoms with Crippen LogP contribution in [0.25, 0.3) is 10.2 Å². The summed E-state index contributed by atoms with van der Waals surface area (Å²) in [6.07, 6.45) is 1.12. The number of hydrogen-bond donors (Lipinski definition) is 1. The van der Waals surface area contributed by atoms with E-state index in [1.54, 1.807) is 11.3 Å². The first kappa shape index (κ1) is 15.7. The van der Waals surface area contributed by atoms with Crippen molar-refractivity contribution in [2.45, 2.75) is 19.0 Å². The second kappa shape index (κ2) is 6.68. The Morgan fingerprint density at radius 3 is 2.78 bits per heavy atom. The SMILES string of the molecule is Cl.Cl.N[C@H]1CCN(Cc2nc3ccccc3s2)C1. The first-order chi connectivity index (χ1) is 7.81. The second-order valence-electron chi connectivity index (χ2n) is 4.36. The lowest BCUT2D eigenvalue weighted by atomic mass is 10.3. The van der Waals surface area contributed by atoms with Crippen LogP contribution in [-0.2, 0) is 6.54 Å². The monoisotopic (exact) mass is 305 g/mol. The van der Waals surface area contributed by atoms with Crippen LogP contribution in [0.2, 0.25) is 0 Å². The van der Waals surface area contributed by atoms with Crippen molar-refractivity contribution in [3.8, 4) is 0 Å². The summed E-state index contributed by atoms with van der Waals surface area (Å²) in [5, 5.41) is 1.20. The summed E-state index contributed by atoms with van der Waals surface area (Å²) >= 11 is 1.79. The number of nitrogens with zero attached hydrogens (tertiary/aromatic N) is 2. The third-order valence-electron chi connectivity index (χ3n) is 3.01. The highest BCUT2D eigenvalue weighted by molar-refractivity contribution is 7.18. The summed E-state index contributed by atoms with van der Waals surface area (Å²) in [6.45, 7) is 3.07. The van der Waals surface area contributed by atoms with Crippen molar-refractivity contribution in [3.05, 3.63) is 29.3 Å². The predicted molar refractivity (Wildman–Crippen MR) is 82.0 cm³/mol. The molecule has 0 radical (unpaired) electrons. The van der Waals surface area contributed by atoms with Crippen molar-refractivity contribution in [1.29, 1.82) is 0 Å². The van der Waals surface area contributed by atoms with Crippen LogP contribution in [0.5, 0.6) is 0 Å². The fourth-order valence-electron chi connectivity index (χ4n) is 2.19. The third kappa shape index (κ3) is 3.33. The lowest BCUT2D eigenvalue weighted by Crippen LogP contribution is -2.26. The van der Waals surface area contributed by atoms with Crippen molar-refractivity contribution in [1.82, 2.24) is 9.88 Å². The molecule has 2 N–H and O–H groups in total. The van der Waals surface area contributed by atoms with Gasteiger partial charge in [0.05, 0.1) is 16.8 Å². The number of thiazole rings is 1. The Bertz CT molecular complexity index is 470.